The van der Waals surface area contributed by atoms with Gasteiger partial charge in [0.2, 0.25) is 0 Å². The third kappa shape index (κ3) is 21.4. The first-order valence-corrected chi connectivity index (χ1v) is 10.7. The first-order chi connectivity index (χ1) is 9.91. The molecule has 0 saturated carbocycles. The van der Waals surface area contributed by atoms with E-state index in [4.69, 9.17) is 8.37 Å². The fourth-order valence-corrected chi connectivity index (χ4v) is 3.83. The molecule has 0 aromatic rings. The van der Waals surface area contributed by atoms with Crippen molar-refractivity contribution in [3.8, 4) is 0 Å². The van der Waals surface area contributed by atoms with Gasteiger partial charge in [-0.2, -0.15) is 33.7 Å². The van der Waals surface area contributed by atoms with Crippen molar-refractivity contribution in [2.24, 2.45) is 0 Å². The third-order valence-electron chi connectivity index (χ3n) is 2.68. The van der Waals surface area contributed by atoms with Gasteiger partial charge in [0.05, 0.1) is 0 Å². The Bertz CT molecular complexity index is 320. The molecular weight excluding hydrogens is 414 g/mol. The quantitative estimate of drug-likeness (QED) is 0.145. The minimum absolute atomic E-state index is 0. The molecule has 11 heteroatoms. The summed E-state index contributed by atoms with van der Waals surface area (Å²) in [5, 5.41) is 0. The topological polar surface area (TPSA) is 52.6 Å². The molecule has 0 bridgehead atoms. The maximum atomic E-state index is 11.7. The van der Waals surface area contributed by atoms with Gasteiger partial charge in [0.1, 0.15) is 10.9 Å². The average Bonchev–Trinajstić information content (AvgIpc) is 2.38. The Kier molecular flexibility index (Phi) is 27.0. The Hall–Kier alpha value is 3.27. The average molecular weight is 443 g/mol. The standard InChI is InChI=1S/C12H26O4S5.2Na.2H/c13-21(14,15-11(19)7-3-1-5-9-17)16-12(20)8-4-2-6-10-18;;;;/h11-12,17-20H,1-10H2;;;;. The van der Waals surface area contributed by atoms with E-state index in [1.165, 1.54) is 0 Å². The first kappa shape index (κ1) is 31.0. The van der Waals surface area contributed by atoms with Crippen LogP contribution in [0.1, 0.15) is 51.4 Å². The summed E-state index contributed by atoms with van der Waals surface area (Å²) in [7, 11) is -4.05. The molecule has 23 heavy (non-hydrogen) atoms. The van der Waals surface area contributed by atoms with Crippen LogP contribution in [0, 0.1) is 0 Å². The molecule has 0 radical (unpaired) electrons. The van der Waals surface area contributed by atoms with Crippen molar-refractivity contribution in [1.29, 1.82) is 0 Å². The molecule has 0 saturated heterocycles. The van der Waals surface area contributed by atoms with E-state index in [0.717, 1.165) is 50.0 Å². The van der Waals surface area contributed by atoms with Crippen LogP contribution < -0.4 is 0 Å². The molecule has 0 aromatic carbocycles. The molecule has 0 aliphatic carbocycles. The van der Waals surface area contributed by atoms with Crippen LogP contribution in [-0.4, -0.2) is 89.9 Å². The number of hydrogen-bond donors (Lipinski definition) is 4. The van der Waals surface area contributed by atoms with Crippen LogP contribution >= 0.6 is 50.5 Å². The SMILES string of the molecule is O=S(=O)(OC(S)CCCCCS)OC(S)CCCCCS.[NaH].[NaH]. The third-order valence-corrected chi connectivity index (χ3v) is 5.26. The van der Waals surface area contributed by atoms with Crippen LogP contribution in [0.25, 0.3) is 0 Å². The Morgan fingerprint density at radius 3 is 1.35 bits per heavy atom. The molecule has 0 heterocycles. The zero-order chi connectivity index (χ0) is 16.1. The van der Waals surface area contributed by atoms with Crippen LogP contribution in [-0.2, 0) is 18.8 Å². The molecule has 0 aliphatic heterocycles. The summed E-state index contributed by atoms with van der Waals surface area (Å²) in [6.07, 6.45) is 6.75. The van der Waals surface area contributed by atoms with Crippen molar-refractivity contribution >= 4 is 120 Å². The van der Waals surface area contributed by atoms with Gasteiger partial charge in [0, 0.05) is 0 Å². The number of hydrogen-bond acceptors (Lipinski definition) is 8. The second-order valence-electron chi connectivity index (χ2n) is 4.66. The van der Waals surface area contributed by atoms with Gasteiger partial charge in [-0.05, 0) is 50.0 Å². The molecular formula is C12H28Na2O4S5. The molecule has 0 aliphatic rings. The molecule has 4 nitrogen and oxygen atoms in total. The Labute approximate surface area is 207 Å². The fourth-order valence-electron chi connectivity index (χ4n) is 1.61. The van der Waals surface area contributed by atoms with E-state index in [-0.39, 0.29) is 59.1 Å². The molecule has 2 unspecified atom stereocenters. The summed E-state index contributed by atoms with van der Waals surface area (Å²) in [5.41, 5.74) is -1.36. The van der Waals surface area contributed by atoms with Crippen molar-refractivity contribution in [2.45, 2.75) is 62.2 Å². The molecule has 0 amide bonds. The van der Waals surface area contributed by atoms with Crippen LogP contribution in [0.4, 0.5) is 0 Å². The maximum absolute atomic E-state index is 11.7. The summed E-state index contributed by atoms with van der Waals surface area (Å²) in [5.74, 6) is 1.65. The fraction of sp³-hybridized carbons (Fsp3) is 1.00. The number of unbranched alkanes of at least 4 members (excludes halogenated alkanes) is 4. The molecule has 0 fully saturated rings. The first-order valence-electron chi connectivity index (χ1n) is 7.10. The zero-order valence-corrected chi connectivity index (χ0v) is 16.5. The van der Waals surface area contributed by atoms with Gasteiger partial charge in [-0.3, -0.25) is 0 Å². The molecule has 0 rings (SSSR count). The monoisotopic (exact) mass is 442 g/mol. The van der Waals surface area contributed by atoms with Gasteiger partial charge >= 0.3 is 69.5 Å². The Morgan fingerprint density at radius 1 is 0.696 bits per heavy atom. The van der Waals surface area contributed by atoms with Gasteiger partial charge in [0.15, 0.2) is 0 Å². The van der Waals surface area contributed by atoms with Crippen LogP contribution in [0.15, 0.2) is 0 Å². The second-order valence-corrected chi connectivity index (χ2v) is 7.90. The van der Waals surface area contributed by atoms with E-state index in [0.29, 0.717) is 12.8 Å². The number of thiol groups is 4. The van der Waals surface area contributed by atoms with E-state index in [1.807, 2.05) is 0 Å². The molecule has 0 N–H and O–H groups in total. The van der Waals surface area contributed by atoms with Crippen LogP contribution in [0.5, 0.6) is 0 Å². The summed E-state index contributed by atoms with van der Waals surface area (Å²) in [6.45, 7) is 0. The van der Waals surface area contributed by atoms with Gasteiger partial charge in [-0.1, -0.05) is 12.8 Å². The summed E-state index contributed by atoms with van der Waals surface area (Å²) >= 11 is 16.5. The number of rotatable bonds is 14. The second kappa shape index (κ2) is 20.0. The molecule has 0 spiro atoms. The van der Waals surface area contributed by atoms with Crippen molar-refractivity contribution in [1.82, 2.24) is 0 Å². The van der Waals surface area contributed by atoms with Crippen molar-refractivity contribution in [2.75, 3.05) is 11.5 Å². The van der Waals surface area contributed by atoms with Crippen LogP contribution in [0.2, 0.25) is 0 Å². The Balaban J connectivity index is -0.00000200. The van der Waals surface area contributed by atoms with E-state index in [9.17, 15) is 8.42 Å². The van der Waals surface area contributed by atoms with Gasteiger partial charge in [0.25, 0.3) is 0 Å². The van der Waals surface area contributed by atoms with Gasteiger partial charge in [-0.25, -0.2) is 8.37 Å². The predicted octanol–water partition coefficient (Wildman–Crippen LogP) is 2.46. The van der Waals surface area contributed by atoms with Crippen molar-refractivity contribution in [3.63, 3.8) is 0 Å². The normalized spacial score (nSPS) is 13.7. The van der Waals surface area contributed by atoms with Crippen molar-refractivity contribution < 1.29 is 16.8 Å². The zero-order valence-electron chi connectivity index (χ0n) is 12.1. The molecule has 132 valence electrons. The van der Waals surface area contributed by atoms with E-state index < -0.39 is 21.3 Å². The molecule has 2 atom stereocenters. The van der Waals surface area contributed by atoms with E-state index in [1.54, 1.807) is 0 Å². The van der Waals surface area contributed by atoms with Crippen LogP contribution in [0.3, 0.4) is 0 Å². The van der Waals surface area contributed by atoms with Gasteiger partial charge in [-0.15, -0.1) is 25.3 Å². The summed E-state index contributed by atoms with van der Waals surface area (Å²) in [4.78, 5) is 0. The Morgan fingerprint density at radius 2 is 1.04 bits per heavy atom. The van der Waals surface area contributed by atoms with E-state index >= 15 is 0 Å². The predicted molar refractivity (Wildman–Crippen MR) is 116 cm³/mol. The van der Waals surface area contributed by atoms with E-state index in [2.05, 4.69) is 50.5 Å². The molecule has 0 aromatic heterocycles. The minimum atomic E-state index is -4.05. The van der Waals surface area contributed by atoms with Crippen molar-refractivity contribution in [3.05, 3.63) is 0 Å². The van der Waals surface area contributed by atoms with Gasteiger partial charge < -0.3 is 0 Å². The summed E-state index contributed by atoms with van der Waals surface area (Å²) < 4.78 is 33.0. The summed E-state index contributed by atoms with van der Waals surface area (Å²) in [6, 6.07) is 0.